The smallest absolute Gasteiger partial charge is 0.333 e. The van der Waals surface area contributed by atoms with Crippen LogP contribution in [0.25, 0.3) is 0 Å². The third kappa shape index (κ3) is 4.59. The summed E-state index contributed by atoms with van der Waals surface area (Å²) >= 11 is 7.65. The molecule has 0 aliphatic rings. The van der Waals surface area contributed by atoms with Gasteiger partial charge in [0.15, 0.2) is 0 Å². The molecule has 0 aliphatic carbocycles. The zero-order valence-corrected chi connectivity index (χ0v) is 16.5. The molecule has 0 saturated heterocycles. The van der Waals surface area contributed by atoms with E-state index in [9.17, 15) is 9.59 Å². The normalized spacial score (nSPS) is 12.3. The number of aryl methyl sites for hydroxylation is 1. The van der Waals surface area contributed by atoms with Crippen LogP contribution in [0.3, 0.4) is 0 Å². The van der Waals surface area contributed by atoms with Gasteiger partial charge in [0, 0.05) is 11.3 Å². The molecule has 2 aromatic rings. The van der Waals surface area contributed by atoms with Crippen molar-refractivity contribution in [3.63, 3.8) is 0 Å². The quantitative estimate of drug-likeness (QED) is 0.299. The SMILES string of the molecule is COC(=O)C(CC(Cl)c1ccccc1)(Sc1ccc(C)cc1)C(=O)OC. The fourth-order valence-corrected chi connectivity index (χ4v) is 4.27. The molecule has 0 N–H and O–H groups in total. The van der Waals surface area contributed by atoms with E-state index >= 15 is 0 Å². The number of alkyl halides is 1. The highest BCUT2D eigenvalue weighted by Crippen LogP contribution is 2.43. The molecule has 0 amide bonds. The van der Waals surface area contributed by atoms with Gasteiger partial charge in [0.1, 0.15) is 0 Å². The first-order valence-electron chi connectivity index (χ1n) is 8.04. The summed E-state index contributed by atoms with van der Waals surface area (Å²) in [6.45, 7) is 1.96. The predicted molar refractivity (Wildman–Crippen MR) is 103 cm³/mol. The van der Waals surface area contributed by atoms with Crippen LogP contribution in [-0.2, 0) is 19.1 Å². The Morgan fingerprint density at radius 1 is 1.00 bits per heavy atom. The van der Waals surface area contributed by atoms with Gasteiger partial charge >= 0.3 is 11.9 Å². The van der Waals surface area contributed by atoms with Crippen LogP contribution in [0.2, 0.25) is 0 Å². The Balaban J connectivity index is 2.43. The summed E-state index contributed by atoms with van der Waals surface area (Å²) in [5.41, 5.74) is 1.89. The number of carbonyl (C=O) groups is 2. The molecule has 0 saturated carbocycles. The monoisotopic (exact) mass is 392 g/mol. The highest BCUT2D eigenvalue weighted by molar-refractivity contribution is 8.02. The number of halogens is 1. The first-order chi connectivity index (χ1) is 12.4. The molecule has 0 aliphatic heterocycles. The molecule has 0 heterocycles. The molecule has 6 heteroatoms. The van der Waals surface area contributed by atoms with Crippen molar-refractivity contribution in [1.29, 1.82) is 0 Å². The van der Waals surface area contributed by atoms with Crippen molar-refractivity contribution in [1.82, 2.24) is 0 Å². The largest absolute Gasteiger partial charge is 0.468 e. The van der Waals surface area contributed by atoms with Gasteiger partial charge in [-0.05, 0) is 24.6 Å². The van der Waals surface area contributed by atoms with E-state index in [0.717, 1.165) is 27.8 Å². The highest BCUT2D eigenvalue weighted by Gasteiger charge is 2.51. The van der Waals surface area contributed by atoms with Gasteiger partial charge in [-0.3, -0.25) is 0 Å². The Hall–Kier alpha value is -1.98. The second-order valence-corrected chi connectivity index (χ2v) is 7.71. The molecule has 26 heavy (non-hydrogen) atoms. The second-order valence-electron chi connectivity index (χ2n) is 5.81. The Morgan fingerprint density at radius 3 is 2.04 bits per heavy atom. The maximum atomic E-state index is 12.7. The van der Waals surface area contributed by atoms with Crippen LogP contribution in [0, 0.1) is 6.92 Å². The number of ether oxygens (including phenoxy) is 2. The van der Waals surface area contributed by atoms with Gasteiger partial charge < -0.3 is 9.47 Å². The lowest BCUT2D eigenvalue weighted by Gasteiger charge is -2.29. The summed E-state index contributed by atoms with van der Waals surface area (Å²) in [7, 11) is 2.50. The van der Waals surface area contributed by atoms with Crippen LogP contribution in [0.1, 0.15) is 22.9 Å². The van der Waals surface area contributed by atoms with E-state index in [4.69, 9.17) is 21.1 Å². The molecule has 138 valence electrons. The van der Waals surface area contributed by atoms with Crippen molar-refractivity contribution in [3.8, 4) is 0 Å². The third-order valence-electron chi connectivity index (χ3n) is 3.97. The molecule has 0 radical (unpaired) electrons. The standard InChI is InChI=1S/C20H21ClO4S/c1-14-9-11-16(12-10-14)26-20(18(22)24-2,19(23)25-3)13-17(21)15-7-5-4-6-8-15/h4-12,17H,13H2,1-3H3. The van der Waals surface area contributed by atoms with Crippen LogP contribution in [0.15, 0.2) is 59.5 Å². The van der Waals surface area contributed by atoms with E-state index in [1.54, 1.807) is 0 Å². The van der Waals surface area contributed by atoms with Crippen molar-refractivity contribution in [2.24, 2.45) is 0 Å². The van der Waals surface area contributed by atoms with Crippen molar-refractivity contribution >= 4 is 35.3 Å². The molecule has 1 unspecified atom stereocenters. The van der Waals surface area contributed by atoms with E-state index in [2.05, 4.69) is 0 Å². The van der Waals surface area contributed by atoms with E-state index in [0.29, 0.717) is 0 Å². The molecular formula is C20H21ClO4S. The number of esters is 2. The lowest BCUT2D eigenvalue weighted by Crippen LogP contribution is -2.46. The van der Waals surface area contributed by atoms with Gasteiger partial charge in [-0.15, -0.1) is 11.6 Å². The molecule has 0 bridgehead atoms. The van der Waals surface area contributed by atoms with E-state index in [-0.39, 0.29) is 6.42 Å². The maximum Gasteiger partial charge on any atom is 0.333 e. The Bertz CT molecular complexity index is 730. The molecule has 0 fully saturated rings. The topological polar surface area (TPSA) is 52.6 Å². The number of methoxy groups -OCH3 is 2. The van der Waals surface area contributed by atoms with Crippen molar-refractivity contribution < 1.29 is 19.1 Å². The first kappa shape index (κ1) is 20.3. The summed E-state index contributed by atoms with van der Waals surface area (Å²) < 4.78 is 8.31. The van der Waals surface area contributed by atoms with Crippen LogP contribution in [0.4, 0.5) is 0 Å². The third-order valence-corrected chi connectivity index (χ3v) is 5.73. The average Bonchev–Trinajstić information content (AvgIpc) is 2.68. The van der Waals surface area contributed by atoms with Gasteiger partial charge in [-0.1, -0.05) is 59.8 Å². The van der Waals surface area contributed by atoms with E-state index < -0.39 is 22.1 Å². The number of benzene rings is 2. The maximum absolute atomic E-state index is 12.7. The van der Waals surface area contributed by atoms with Crippen LogP contribution < -0.4 is 0 Å². The van der Waals surface area contributed by atoms with Crippen molar-refractivity contribution in [3.05, 3.63) is 65.7 Å². The molecule has 2 aromatic carbocycles. The zero-order chi connectivity index (χ0) is 19.2. The number of hydrogen-bond donors (Lipinski definition) is 0. The molecule has 1 atom stereocenters. The zero-order valence-electron chi connectivity index (χ0n) is 14.9. The first-order valence-corrected chi connectivity index (χ1v) is 9.29. The minimum absolute atomic E-state index is 0.0382. The van der Waals surface area contributed by atoms with Crippen LogP contribution >= 0.6 is 23.4 Å². The molecule has 0 aromatic heterocycles. The minimum Gasteiger partial charge on any atom is -0.468 e. The van der Waals surface area contributed by atoms with Crippen molar-refractivity contribution in [2.75, 3.05) is 14.2 Å². The van der Waals surface area contributed by atoms with Gasteiger partial charge in [0.05, 0.1) is 19.6 Å². The predicted octanol–water partition coefficient (Wildman–Crippen LogP) is 4.54. The Labute approximate surface area is 162 Å². The summed E-state index contributed by atoms with van der Waals surface area (Å²) in [6, 6.07) is 16.8. The Kier molecular flexibility index (Phi) is 7.12. The van der Waals surface area contributed by atoms with Gasteiger partial charge in [-0.25, -0.2) is 9.59 Å². The molecule has 2 rings (SSSR count). The number of thioether (sulfide) groups is 1. The minimum atomic E-state index is -1.60. The lowest BCUT2D eigenvalue weighted by molar-refractivity contribution is -0.156. The van der Waals surface area contributed by atoms with Gasteiger partial charge in [0.2, 0.25) is 4.75 Å². The lowest BCUT2D eigenvalue weighted by atomic mass is 9.98. The molecular weight excluding hydrogens is 372 g/mol. The number of hydrogen-bond acceptors (Lipinski definition) is 5. The van der Waals surface area contributed by atoms with Crippen LogP contribution in [0.5, 0.6) is 0 Å². The summed E-state index contributed by atoms with van der Waals surface area (Å²) in [5, 5.41) is -0.563. The van der Waals surface area contributed by atoms with Gasteiger partial charge in [-0.2, -0.15) is 0 Å². The van der Waals surface area contributed by atoms with Gasteiger partial charge in [0.25, 0.3) is 0 Å². The highest BCUT2D eigenvalue weighted by atomic mass is 35.5. The average molecular weight is 393 g/mol. The number of rotatable bonds is 7. The fourth-order valence-electron chi connectivity index (χ4n) is 2.54. The second kappa shape index (κ2) is 9.10. The van der Waals surface area contributed by atoms with Crippen LogP contribution in [-0.4, -0.2) is 30.9 Å². The van der Waals surface area contributed by atoms with E-state index in [1.165, 1.54) is 14.2 Å². The molecule has 4 nitrogen and oxygen atoms in total. The van der Waals surface area contributed by atoms with Crippen molar-refractivity contribution in [2.45, 2.75) is 28.4 Å². The summed E-state index contributed by atoms with van der Waals surface area (Å²) in [4.78, 5) is 26.1. The van der Waals surface area contributed by atoms with E-state index in [1.807, 2.05) is 61.5 Å². The molecule has 0 spiro atoms. The fraction of sp³-hybridized carbons (Fsp3) is 0.300. The Morgan fingerprint density at radius 2 is 1.54 bits per heavy atom. The number of carbonyl (C=O) groups excluding carboxylic acids is 2. The summed E-state index contributed by atoms with van der Waals surface area (Å²) in [5.74, 6) is -1.37. The summed E-state index contributed by atoms with van der Waals surface area (Å²) in [6.07, 6.45) is 0.0382.